The molecule has 1 aliphatic rings. The second kappa shape index (κ2) is 5.30. The molecule has 4 nitrogen and oxygen atoms in total. The fourth-order valence-electron chi connectivity index (χ4n) is 1.44. The number of carbonyl (C=O) groups excluding carboxylic acids is 1. The molecule has 86 valence electrons. The van der Waals surface area contributed by atoms with Crippen LogP contribution in [0.2, 0.25) is 0 Å². The summed E-state index contributed by atoms with van der Waals surface area (Å²) in [5, 5.41) is 2.75. The maximum atomic E-state index is 11.3. The van der Waals surface area contributed by atoms with Gasteiger partial charge in [0.1, 0.15) is 5.70 Å². The van der Waals surface area contributed by atoms with E-state index in [2.05, 4.69) is 23.5 Å². The van der Waals surface area contributed by atoms with Gasteiger partial charge in [0.2, 0.25) is 5.90 Å². The van der Waals surface area contributed by atoms with Crippen molar-refractivity contribution in [3.05, 3.63) is 36.7 Å². The average Bonchev–Trinajstić information content (AvgIpc) is 2.22. The number of ether oxygens (including phenoxy) is 1. The van der Waals surface area contributed by atoms with Crippen LogP contribution in [0.25, 0.3) is 0 Å². The largest absolute Gasteiger partial charge is 0.466 e. The van der Waals surface area contributed by atoms with Gasteiger partial charge in [-0.15, -0.1) is 0 Å². The number of morpholine rings is 1. The van der Waals surface area contributed by atoms with E-state index in [1.165, 1.54) is 6.20 Å². The third-order valence-corrected chi connectivity index (χ3v) is 2.16. The van der Waals surface area contributed by atoms with Crippen LogP contribution in [0.4, 0.5) is 0 Å². The van der Waals surface area contributed by atoms with Gasteiger partial charge >= 0.3 is 0 Å². The van der Waals surface area contributed by atoms with E-state index in [-0.39, 0.29) is 18.4 Å². The molecule has 1 rings (SSSR count). The SMILES string of the molecule is C=CN=C1OCC(=O)N/C1=C(/C=C)C(C)C. The van der Waals surface area contributed by atoms with Crippen molar-refractivity contribution in [3.8, 4) is 0 Å². The minimum absolute atomic E-state index is 0.0152. The number of nitrogens with zero attached hydrogens (tertiary/aromatic N) is 1. The van der Waals surface area contributed by atoms with Crippen molar-refractivity contribution < 1.29 is 9.53 Å². The molecular weight excluding hydrogens is 204 g/mol. The van der Waals surface area contributed by atoms with Crippen molar-refractivity contribution >= 4 is 11.8 Å². The van der Waals surface area contributed by atoms with Gasteiger partial charge in [0.05, 0.1) is 0 Å². The van der Waals surface area contributed by atoms with Crippen molar-refractivity contribution in [1.29, 1.82) is 0 Å². The number of aliphatic imine (C=N–C) groups is 1. The maximum Gasteiger partial charge on any atom is 0.262 e. The van der Waals surface area contributed by atoms with Crippen molar-refractivity contribution in [1.82, 2.24) is 5.32 Å². The van der Waals surface area contributed by atoms with Crippen LogP contribution in [-0.4, -0.2) is 18.4 Å². The van der Waals surface area contributed by atoms with Crippen molar-refractivity contribution in [2.75, 3.05) is 6.61 Å². The molecule has 0 saturated carbocycles. The number of hydrogen-bond acceptors (Lipinski definition) is 3. The third kappa shape index (κ3) is 2.59. The lowest BCUT2D eigenvalue weighted by Gasteiger charge is -2.22. The molecule has 0 atom stereocenters. The van der Waals surface area contributed by atoms with Gasteiger partial charge in [-0.05, 0) is 11.5 Å². The molecule has 0 radical (unpaired) electrons. The van der Waals surface area contributed by atoms with Gasteiger partial charge in [-0.1, -0.05) is 33.1 Å². The molecule has 4 heteroatoms. The van der Waals surface area contributed by atoms with Crippen molar-refractivity contribution in [2.45, 2.75) is 13.8 Å². The summed E-state index contributed by atoms with van der Waals surface area (Å²) in [4.78, 5) is 15.3. The summed E-state index contributed by atoms with van der Waals surface area (Å²) < 4.78 is 5.24. The fourth-order valence-corrected chi connectivity index (χ4v) is 1.44. The average molecular weight is 220 g/mol. The monoisotopic (exact) mass is 220 g/mol. The smallest absolute Gasteiger partial charge is 0.262 e. The van der Waals surface area contributed by atoms with Gasteiger partial charge in [0.15, 0.2) is 6.61 Å². The zero-order valence-corrected chi connectivity index (χ0v) is 9.62. The molecule has 0 spiro atoms. The molecule has 1 fully saturated rings. The van der Waals surface area contributed by atoms with E-state index < -0.39 is 0 Å². The molecule has 1 N–H and O–H groups in total. The molecule has 0 aromatic carbocycles. The first-order chi connectivity index (χ1) is 7.60. The van der Waals surface area contributed by atoms with Crippen LogP contribution in [0, 0.1) is 5.92 Å². The normalized spacial score (nSPS) is 21.4. The first-order valence-corrected chi connectivity index (χ1v) is 5.08. The van der Waals surface area contributed by atoms with Crippen LogP contribution in [0.3, 0.4) is 0 Å². The molecule has 1 aliphatic heterocycles. The summed E-state index contributed by atoms with van der Waals surface area (Å²) in [5.41, 5.74) is 1.48. The van der Waals surface area contributed by atoms with Gasteiger partial charge < -0.3 is 10.1 Å². The van der Waals surface area contributed by atoms with E-state index >= 15 is 0 Å². The molecule has 0 unspecified atom stereocenters. The summed E-state index contributed by atoms with van der Waals surface area (Å²) in [6, 6.07) is 0. The van der Waals surface area contributed by atoms with Crippen molar-refractivity contribution in [2.24, 2.45) is 10.9 Å². The zero-order valence-electron chi connectivity index (χ0n) is 9.62. The Morgan fingerprint density at radius 2 is 2.25 bits per heavy atom. The lowest BCUT2D eigenvalue weighted by molar-refractivity contribution is -0.123. The zero-order chi connectivity index (χ0) is 12.1. The Morgan fingerprint density at radius 1 is 1.56 bits per heavy atom. The predicted octanol–water partition coefficient (Wildman–Crippen LogP) is 1.77. The topological polar surface area (TPSA) is 50.7 Å². The quantitative estimate of drug-likeness (QED) is 0.788. The minimum Gasteiger partial charge on any atom is -0.466 e. The number of hydrogen-bond donors (Lipinski definition) is 1. The lowest BCUT2D eigenvalue weighted by Crippen LogP contribution is -2.39. The standard InChI is InChI=1S/C12H16N2O2/c1-5-9(8(3)4)11-12(13-6-2)16-7-10(15)14-11/h5-6,8H,1-2,7H2,3-4H3,(H,14,15)/b11-9-,13-12?. The summed E-state index contributed by atoms with van der Waals surface area (Å²) in [7, 11) is 0. The highest BCUT2D eigenvalue weighted by Gasteiger charge is 2.23. The number of amides is 1. The van der Waals surface area contributed by atoms with E-state index in [9.17, 15) is 4.79 Å². The van der Waals surface area contributed by atoms with Crippen LogP contribution in [-0.2, 0) is 9.53 Å². The number of nitrogens with one attached hydrogen (secondary N) is 1. The highest BCUT2D eigenvalue weighted by molar-refractivity contribution is 6.02. The molecule has 0 aromatic heterocycles. The first kappa shape index (κ1) is 12.2. The van der Waals surface area contributed by atoms with Crippen LogP contribution in [0.15, 0.2) is 41.7 Å². The second-order valence-corrected chi connectivity index (χ2v) is 3.64. The Hall–Kier alpha value is -1.84. The number of rotatable bonds is 3. The molecular formula is C12H16N2O2. The molecule has 1 heterocycles. The van der Waals surface area contributed by atoms with Crippen LogP contribution in [0.1, 0.15) is 13.8 Å². The van der Waals surface area contributed by atoms with Gasteiger partial charge in [0.25, 0.3) is 5.91 Å². The number of carbonyl (C=O) groups is 1. The van der Waals surface area contributed by atoms with Crippen LogP contribution < -0.4 is 5.32 Å². The summed E-state index contributed by atoms with van der Waals surface area (Å²) in [6.45, 7) is 11.2. The molecule has 1 saturated heterocycles. The van der Waals surface area contributed by atoms with E-state index in [0.29, 0.717) is 11.6 Å². The van der Waals surface area contributed by atoms with E-state index in [0.717, 1.165) is 5.57 Å². The first-order valence-electron chi connectivity index (χ1n) is 5.08. The van der Waals surface area contributed by atoms with Crippen LogP contribution >= 0.6 is 0 Å². The maximum absolute atomic E-state index is 11.3. The third-order valence-electron chi connectivity index (χ3n) is 2.16. The highest BCUT2D eigenvalue weighted by atomic mass is 16.5. The Balaban J connectivity index is 3.21. The fraction of sp³-hybridized carbons (Fsp3) is 0.333. The molecule has 0 aliphatic carbocycles. The number of allylic oxidation sites excluding steroid dienone is 2. The summed E-state index contributed by atoms with van der Waals surface area (Å²) in [5.74, 6) is 0.431. The molecule has 16 heavy (non-hydrogen) atoms. The van der Waals surface area contributed by atoms with Gasteiger partial charge in [-0.3, -0.25) is 4.79 Å². The van der Waals surface area contributed by atoms with E-state index in [4.69, 9.17) is 4.74 Å². The van der Waals surface area contributed by atoms with Crippen LogP contribution in [0.5, 0.6) is 0 Å². The second-order valence-electron chi connectivity index (χ2n) is 3.64. The lowest BCUT2D eigenvalue weighted by atomic mass is 10.0. The van der Waals surface area contributed by atoms with Crippen molar-refractivity contribution in [3.63, 3.8) is 0 Å². The Bertz CT molecular complexity index is 378. The Labute approximate surface area is 95.4 Å². The van der Waals surface area contributed by atoms with E-state index in [1.54, 1.807) is 6.08 Å². The summed E-state index contributed by atoms with van der Waals surface area (Å²) in [6.07, 6.45) is 3.08. The molecule has 1 amide bonds. The predicted molar refractivity (Wildman–Crippen MR) is 63.8 cm³/mol. The Kier molecular flexibility index (Phi) is 4.05. The van der Waals surface area contributed by atoms with Gasteiger partial charge in [-0.2, -0.15) is 0 Å². The van der Waals surface area contributed by atoms with Gasteiger partial charge in [0, 0.05) is 6.20 Å². The highest BCUT2D eigenvalue weighted by Crippen LogP contribution is 2.18. The minimum atomic E-state index is -0.182. The Morgan fingerprint density at radius 3 is 2.75 bits per heavy atom. The molecule has 0 bridgehead atoms. The molecule has 0 aromatic rings. The van der Waals surface area contributed by atoms with Gasteiger partial charge in [-0.25, -0.2) is 4.99 Å². The summed E-state index contributed by atoms with van der Waals surface area (Å²) >= 11 is 0. The van der Waals surface area contributed by atoms with E-state index in [1.807, 2.05) is 13.8 Å².